The van der Waals surface area contributed by atoms with Crippen LogP contribution in [0.4, 0.5) is 0 Å². The Labute approximate surface area is 185 Å². The predicted octanol–water partition coefficient (Wildman–Crippen LogP) is 6.30. The molecule has 0 spiro atoms. The third-order valence-corrected chi connectivity index (χ3v) is 8.03. The van der Waals surface area contributed by atoms with Gasteiger partial charge in [-0.05, 0) is 43.4 Å². The van der Waals surface area contributed by atoms with Gasteiger partial charge in [0.15, 0.2) is 0 Å². The molecule has 5 N–H and O–H groups in total. The van der Waals surface area contributed by atoms with E-state index in [0.29, 0.717) is 0 Å². The summed E-state index contributed by atoms with van der Waals surface area (Å²) < 4.78 is 0. The molecular weight excluding hydrogens is 397 g/mol. The van der Waals surface area contributed by atoms with Crippen molar-refractivity contribution < 1.29 is 0 Å². The van der Waals surface area contributed by atoms with Crippen LogP contribution >= 0.6 is 7.92 Å². The van der Waals surface area contributed by atoms with Gasteiger partial charge in [0, 0.05) is 28.0 Å². The maximum absolute atomic E-state index is 6.55. The fourth-order valence-electron chi connectivity index (χ4n) is 4.27. The Hall–Kier alpha value is -3.29. The molecule has 2 aromatic carbocycles. The van der Waals surface area contributed by atoms with Crippen LogP contribution < -0.4 is 16.8 Å². The van der Waals surface area contributed by atoms with Crippen LogP contribution in [0.2, 0.25) is 0 Å². The average Bonchev–Trinajstić information content (AvgIpc) is 3.04. The third-order valence-electron chi connectivity index (χ3n) is 5.66. The number of hydrogen-bond acceptors (Lipinski definition) is 3. The second-order valence-corrected chi connectivity index (χ2v) is 10.1. The first-order chi connectivity index (χ1) is 15.0. The standard InChI is InChI=1S/C27H28N3P/c1-4-8-18(3)31(24(28)9-5-2)21-16-14-20(15-17-21)30-27-23-13-7-11-19-10-6-12-22(25(19)23)26(27)29/h4-14,16-17,20,30H,1-2,15,28-29H2,3H3/b18-8+,24-9+. The molecule has 0 aliphatic heterocycles. The largest absolute Gasteiger partial charge is 0.398 e. The minimum absolute atomic E-state index is 0.173. The third kappa shape index (κ3) is 3.89. The van der Waals surface area contributed by atoms with Crippen LogP contribution in [-0.2, 0) is 0 Å². The van der Waals surface area contributed by atoms with Crippen molar-refractivity contribution in [1.82, 2.24) is 5.32 Å². The molecule has 2 aliphatic rings. The van der Waals surface area contributed by atoms with Gasteiger partial charge in [-0.2, -0.15) is 0 Å². The normalized spacial score (nSPS) is 19.4. The summed E-state index contributed by atoms with van der Waals surface area (Å²) in [6.07, 6.45) is 15.1. The lowest BCUT2D eigenvalue weighted by atomic mass is 10.0. The molecule has 3 nitrogen and oxygen atoms in total. The SMILES string of the molecule is C=C/C=C(\C)P(C1=CCC(NC2=C(N)c3cccc4cccc2c34)C=C1)/C(N)=C/C=C. The van der Waals surface area contributed by atoms with E-state index in [1.807, 2.05) is 18.2 Å². The zero-order valence-corrected chi connectivity index (χ0v) is 18.7. The smallest absolute Gasteiger partial charge is 0.0665 e. The summed E-state index contributed by atoms with van der Waals surface area (Å²) in [5, 5.41) is 8.60. The van der Waals surface area contributed by atoms with E-state index in [9.17, 15) is 0 Å². The number of allylic oxidation sites excluding steroid dienone is 7. The second kappa shape index (κ2) is 8.83. The van der Waals surface area contributed by atoms with Gasteiger partial charge in [0.25, 0.3) is 0 Å². The van der Waals surface area contributed by atoms with E-state index >= 15 is 0 Å². The van der Waals surface area contributed by atoms with Crippen LogP contribution in [0.25, 0.3) is 22.2 Å². The van der Waals surface area contributed by atoms with E-state index in [4.69, 9.17) is 11.5 Å². The van der Waals surface area contributed by atoms with Crippen molar-refractivity contribution in [2.45, 2.75) is 19.4 Å². The van der Waals surface area contributed by atoms with E-state index in [2.05, 4.69) is 80.0 Å². The van der Waals surface area contributed by atoms with E-state index in [0.717, 1.165) is 28.8 Å². The Morgan fingerprint density at radius 3 is 2.45 bits per heavy atom. The molecule has 0 heterocycles. The Kier molecular flexibility index (Phi) is 5.97. The quantitative estimate of drug-likeness (QED) is 0.360. The summed E-state index contributed by atoms with van der Waals surface area (Å²) in [6.45, 7) is 9.73. The lowest BCUT2D eigenvalue weighted by molar-refractivity contribution is 0.718. The Balaban J connectivity index is 1.58. The van der Waals surface area contributed by atoms with Gasteiger partial charge in [-0.3, -0.25) is 0 Å². The lowest BCUT2D eigenvalue weighted by Crippen LogP contribution is -2.27. The van der Waals surface area contributed by atoms with Gasteiger partial charge in [0.2, 0.25) is 0 Å². The molecule has 0 radical (unpaired) electrons. The topological polar surface area (TPSA) is 64.1 Å². The fourth-order valence-corrected chi connectivity index (χ4v) is 6.42. The molecule has 4 rings (SSSR count). The molecule has 2 unspecified atom stereocenters. The van der Waals surface area contributed by atoms with Crippen molar-refractivity contribution in [2.24, 2.45) is 11.5 Å². The molecule has 2 aliphatic carbocycles. The summed E-state index contributed by atoms with van der Waals surface area (Å²) in [6, 6.07) is 12.8. The zero-order valence-electron chi connectivity index (χ0n) is 17.8. The van der Waals surface area contributed by atoms with Gasteiger partial charge < -0.3 is 16.8 Å². The van der Waals surface area contributed by atoms with E-state index in [1.165, 1.54) is 27.0 Å². The highest BCUT2D eigenvalue weighted by molar-refractivity contribution is 7.70. The van der Waals surface area contributed by atoms with Gasteiger partial charge in [-0.15, -0.1) is 0 Å². The average molecular weight is 426 g/mol. The van der Waals surface area contributed by atoms with Crippen LogP contribution in [0, 0.1) is 0 Å². The van der Waals surface area contributed by atoms with Gasteiger partial charge >= 0.3 is 0 Å². The molecule has 0 aromatic heterocycles. The summed E-state index contributed by atoms with van der Waals surface area (Å²) in [5.41, 5.74) is 17.9. The zero-order chi connectivity index (χ0) is 22.0. The van der Waals surface area contributed by atoms with Crippen molar-refractivity contribution in [3.8, 4) is 0 Å². The maximum Gasteiger partial charge on any atom is 0.0665 e. The first kappa shape index (κ1) is 21.0. The van der Waals surface area contributed by atoms with E-state index < -0.39 is 7.92 Å². The van der Waals surface area contributed by atoms with Crippen molar-refractivity contribution in [2.75, 3.05) is 0 Å². The van der Waals surface area contributed by atoms with Crippen LogP contribution in [0.1, 0.15) is 24.5 Å². The minimum atomic E-state index is -0.754. The Bertz CT molecular complexity index is 1180. The molecule has 0 saturated heterocycles. The maximum atomic E-state index is 6.55. The van der Waals surface area contributed by atoms with Crippen LogP contribution in [0.15, 0.2) is 108 Å². The molecule has 0 saturated carbocycles. The summed E-state index contributed by atoms with van der Waals surface area (Å²) in [5.74, 6) is 0. The lowest BCUT2D eigenvalue weighted by Gasteiger charge is -2.26. The number of hydrogen-bond donors (Lipinski definition) is 3. The van der Waals surface area contributed by atoms with Gasteiger partial charge in [0.1, 0.15) is 0 Å². The fraction of sp³-hybridized carbons (Fsp3) is 0.111. The highest BCUT2D eigenvalue weighted by Gasteiger charge is 2.25. The van der Waals surface area contributed by atoms with Gasteiger partial charge in [0.05, 0.1) is 11.4 Å². The first-order valence-corrected chi connectivity index (χ1v) is 11.7. The molecule has 0 amide bonds. The van der Waals surface area contributed by atoms with Gasteiger partial charge in [-0.1, -0.05) is 86.0 Å². The summed E-state index contributed by atoms with van der Waals surface area (Å²) >= 11 is 0. The molecular formula is C27H28N3P. The Morgan fingerprint density at radius 2 is 1.81 bits per heavy atom. The summed E-state index contributed by atoms with van der Waals surface area (Å²) in [7, 11) is -0.754. The summed E-state index contributed by atoms with van der Waals surface area (Å²) in [4.78, 5) is 0. The van der Waals surface area contributed by atoms with E-state index in [1.54, 1.807) is 6.08 Å². The monoisotopic (exact) mass is 425 g/mol. The Morgan fingerprint density at radius 1 is 1.10 bits per heavy atom. The molecule has 2 aromatic rings. The second-order valence-electron chi connectivity index (χ2n) is 7.68. The number of nitrogens with two attached hydrogens (primary N) is 2. The number of benzene rings is 2. The van der Waals surface area contributed by atoms with Crippen molar-refractivity contribution in [3.05, 3.63) is 119 Å². The highest BCUT2D eigenvalue weighted by atomic mass is 31.1. The minimum Gasteiger partial charge on any atom is -0.398 e. The molecule has 2 atom stereocenters. The first-order valence-electron chi connectivity index (χ1n) is 10.4. The molecule has 156 valence electrons. The predicted molar refractivity (Wildman–Crippen MR) is 137 cm³/mol. The van der Waals surface area contributed by atoms with Crippen molar-refractivity contribution in [1.29, 1.82) is 0 Å². The van der Waals surface area contributed by atoms with Crippen LogP contribution in [0.3, 0.4) is 0 Å². The highest BCUT2D eigenvalue weighted by Crippen LogP contribution is 2.58. The molecule has 31 heavy (non-hydrogen) atoms. The van der Waals surface area contributed by atoms with Crippen LogP contribution in [-0.4, -0.2) is 6.04 Å². The molecule has 0 bridgehead atoms. The van der Waals surface area contributed by atoms with Crippen molar-refractivity contribution in [3.63, 3.8) is 0 Å². The van der Waals surface area contributed by atoms with Gasteiger partial charge in [-0.25, -0.2) is 0 Å². The molecule has 4 heteroatoms. The number of rotatable bonds is 7. The van der Waals surface area contributed by atoms with Crippen LogP contribution in [0.5, 0.6) is 0 Å². The number of nitrogens with one attached hydrogen (secondary N) is 1. The van der Waals surface area contributed by atoms with E-state index in [-0.39, 0.29) is 6.04 Å². The van der Waals surface area contributed by atoms with Crippen molar-refractivity contribution >= 4 is 30.1 Å². The molecule has 0 fully saturated rings.